The van der Waals surface area contributed by atoms with E-state index in [0.717, 1.165) is 5.70 Å². The molecule has 0 spiro atoms. The standard InChI is InChI=1S/C13H15N.C2H4/c1-4-11-8-12-6-5-9(2)7-13(12)14-10(11)3;1-2/h4-8,13-14H,3H2,1-2H3;1-2H2/b11-4-;. The van der Waals surface area contributed by atoms with Crippen LogP contribution in [-0.2, 0) is 0 Å². The van der Waals surface area contributed by atoms with Crippen LogP contribution in [0.5, 0.6) is 0 Å². The number of nitrogens with one attached hydrogen (secondary N) is 1. The Bertz CT molecular complexity index is 405. The zero-order valence-electron chi connectivity index (χ0n) is 10.1. The third-order valence-corrected chi connectivity index (χ3v) is 2.64. The van der Waals surface area contributed by atoms with E-state index in [2.05, 4.69) is 62.4 Å². The molecule has 0 amide bonds. The van der Waals surface area contributed by atoms with Gasteiger partial charge in [-0.1, -0.05) is 36.5 Å². The van der Waals surface area contributed by atoms with Crippen molar-refractivity contribution in [2.75, 3.05) is 0 Å². The third-order valence-electron chi connectivity index (χ3n) is 2.64. The highest BCUT2D eigenvalue weighted by Gasteiger charge is 2.19. The molecule has 0 aromatic rings. The number of rotatable bonds is 0. The molecule has 0 aromatic heterocycles. The molecule has 1 N–H and O–H groups in total. The van der Waals surface area contributed by atoms with Crippen molar-refractivity contribution < 1.29 is 0 Å². The van der Waals surface area contributed by atoms with Gasteiger partial charge in [0.2, 0.25) is 0 Å². The number of hydrogen-bond acceptors (Lipinski definition) is 1. The maximum atomic E-state index is 4.01. The maximum Gasteiger partial charge on any atom is 0.0703 e. The second-order valence-corrected chi connectivity index (χ2v) is 3.73. The average molecular weight is 213 g/mol. The highest BCUT2D eigenvalue weighted by Crippen LogP contribution is 2.25. The molecule has 1 heterocycles. The average Bonchev–Trinajstić information content (AvgIpc) is 2.30. The monoisotopic (exact) mass is 213 g/mol. The zero-order valence-corrected chi connectivity index (χ0v) is 10.1. The van der Waals surface area contributed by atoms with Gasteiger partial charge in [0.15, 0.2) is 0 Å². The molecule has 0 radical (unpaired) electrons. The lowest BCUT2D eigenvalue weighted by molar-refractivity contribution is 0.748. The topological polar surface area (TPSA) is 12.0 Å². The van der Waals surface area contributed by atoms with E-state index in [1.807, 2.05) is 6.92 Å². The molecule has 0 saturated heterocycles. The lowest BCUT2D eigenvalue weighted by Crippen LogP contribution is -2.32. The molecule has 1 heteroatoms. The molecule has 0 bridgehead atoms. The normalized spacial score (nSPS) is 24.8. The minimum absolute atomic E-state index is 0.316. The summed E-state index contributed by atoms with van der Waals surface area (Å²) in [6.45, 7) is 14.2. The fourth-order valence-corrected chi connectivity index (χ4v) is 1.80. The Kier molecular flexibility index (Phi) is 4.12. The van der Waals surface area contributed by atoms with Crippen molar-refractivity contribution >= 4 is 0 Å². The van der Waals surface area contributed by atoms with Crippen LogP contribution in [0, 0.1) is 0 Å². The van der Waals surface area contributed by atoms with Gasteiger partial charge in [-0.3, -0.25) is 0 Å². The Morgan fingerprint density at radius 3 is 2.62 bits per heavy atom. The van der Waals surface area contributed by atoms with Gasteiger partial charge in [-0.25, -0.2) is 0 Å². The van der Waals surface area contributed by atoms with E-state index in [1.54, 1.807) is 0 Å². The lowest BCUT2D eigenvalue weighted by atomic mass is 9.91. The Hall–Kier alpha value is -1.76. The van der Waals surface area contributed by atoms with Crippen LogP contribution in [0.25, 0.3) is 0 Å². The van der Waals surface area contributed by atoms with Crippen LogP contribution in [0.1, 0.15) is 13.8 Å². The summed E-state index contributed by atoms with van der Waals surface area (Å²) in [7, 11) is 0. The first kappa shape index (κ1) is 12.3. The summed E-state index contributed by atoms with van der Waals surface area (Å²) >= 11 is 0. The molecule has 16 heavy (non-hydrogen) atoms. The highest BCUT2D eigenvalue weighted by molar-refractivity contribution is 5.52. The summed E-state index contributed by atoms with van der Waals surface area (Å²) in [4.78, 5) is 0. The lowest BCUT2D eigenvalue weighted by Gasteiger charge is -2.28. The Morgan fingerprint density at radius 2 is 2.00 bits per heavy atom. The molecular formula is C15H19N. The number of hydrogen-bond donors (Lipinski definition) is 1. The fraction of sp³-hybridized carbons (Fsp3) is 0.200. The minimum Gasteiger partial charge on any atom is -0.375 e. The van der Waals surface area contributed by atoms with Crippen LogP contribution in [0.15, 0.2) is 72.5 Å². The van der Waals surface area contributed by atoms with Gasteiger partial charge in [0.25, 0.3) is 0 Å². The fourth-order valence-electron chi connectivity index (χ4n) is 1.80. The van der Waals surface area contributed by atoms with Gasteiger partial charge in [-0.15, -0.1) is 13.2 Å². The van der Waals surface area contributed by atoms with E-state index in [-0.39, 0.29) is 0 Å². The van der Waals surface area contributed by atoms with E-state index < -0.39 is 0 Å². The van der Waals surface area contributed by atoms with Gasteiger partial charge < -0.3 is 5.32 Å². The second kappa shape index (κ2) is 5.36. The first-order valence-corrected chi connectivity index (χ1v) is 5.41. The quantitative estimate of drug-likeness (QED) is 0.605. The predicted molar refractivity (Wildman–Crippen MR) is 72.1 cm³/mol. The first-order chi connectivity index (χ1) is 7.70. The van der Waals surface area contributed by atoms with Crippen molar-refractivity contribution in [1.29, 1.82) is 0 Å². The van der Waals surface area contributed by atoms with Crippen molar-refractivity contribution in [3.63, 3.8) is 0 Å². The summed E-state index contributed by atoms with van der Waals surface area (Å²) in [5.41, 5.74) is 4.82. The van der Waals surface area contributed by atoms with Gasteiger partial charge in [-0.2, -0.15) is 0 Å². The molecule has 1 unspecified atom stereocenters. The van der Waals surface area contributed by atoms with Gasteiger partial charge >= 0.3 is 0 Å². The molecule has 1 nitrogen and oxygen atoms in total. The van der Waals surface area contributed by atoms with E-state index in [9.17, 15) is 0 Å². The molecule has 0 saturated carbocycles. The molecular weight excluding hydrogens is 194 g/mol. The molecule has 0 aromatic carbocycles. The van der Waals surface area contributed by atoms with Crippen molar-refractivity contribution in [3.05, 3.63) is 72.5 Å². The Morgan fingerprint density at radius 1 is 1.31 bits per heavy atom. The molecule has 2 aliphatic rings. The van der Waals surface area contributed by atoms with E-state index in [1.165, 1.54) is 16.7 Å². The summed E-state index contributed by atoms with van der Waals surface area (Å²) in [5.74, 6) is 0. The SMILES string of the molecule is C=C.C=C1NC2C=C(C)C=CC2=C/C1=C/C. The first-order valence-electron chi connectivity index (χ1n) is 5.41. The van der Waals surface area contributed by atoms with Crippen molar-refractivity contribution in [3.8, 4) is 0 Å². The number of fused-ring (bicyclic) bond motifs is 1. The highest BCUT2D eigenvalue weighted by atomic mass is 14.9. The zero-order chi connectivity index (χ0) is 12.1. The van der Waals surface area contributed by atoms with Crippen LogP contribution in [0.3, 0.4) is 0 Å². The van der Waals surface area contributed by atoms with Crippen LogP contribution >= 0.6 is 0 Å². The van der Waals surface area contributed by atoms with Crippen LogP contribution in [-0.4, -0.2) is 6.04 Å². The van der Waals surface area contributed by atoms with Gasteiger partial charge in [0, 0.05) is 5.70 Å². The Labute approximate surface area is 98.3 Å². The van der Waals surface area contributed by atoms with Gasteiger partial charge in [0.05, 0.1) is 6.04 Å². The van der Waals surface area contributed by atoms with Crippen LogP contribution in [0.4, 0.5) is 0 Å². The third kappa shape index (κ3) is 2.43. The molecule has 2 rings (SSSR count). The molecule has 1 aliphatic carbocycles. The van der Waals surface area contributed by atoms with Gasteiger partial charge in [0.1, 0.15) is 0 Å². The van der Waals surface area contributed by atoms with Crippen molar-refractivity contribution in [2.24, 2.45) is 0 Å². The van der Waals surface area contributed by atoms with Crippen LogP contribution < -0.4 is 5.32 Å². The summed E-state index contributed by atoms with van der Waals surface area (Å²) in [5, 5.41) is 3.39. The molecule has 0 fully saturated rings. The molecule has 1 aliphatic heterocycles. The van der Waals surface area contributed by atoms with Crippen LogP contribution in [0.2, 0.25) is 0 Å². The van der Waals surface area contributed by atoms with Gasteiger partial charge in [-0.05, 0) is 31.1 Å². The maximum absolute atomic E-state index is 4.01. The van der Waals surface area contributed by atoms with E-state index in [4.69, 9.17) is 0 Å². The van der Waals surface area contributed by atoms with Crippen molar-refractivity contribution in [2.45, 2.75) is 19.9 Å². The van der Waals surface area contributed by atoms with E-state index >= 15 is 0 Å². The van der Waals surface area contributed by atoms with Crippen molar-refractivity contribution in [1.82, 2.24) is 5.32 Å². The van der Waals surface area contributed by atoms with E-state index in [0.29, 0.717) is 6.04 Å². The predicted octanol–water partition coefficient (Wildman–Crippen LogP) is 3.66. The summed E-state index contributed by atoms with van der Waals surface area (Å²) in [6.07, 6.45) is 10.8. The summed E-state index contributed by atoms with van der Waals surface area (Å²) < 4.78 is 0. The Balaban J connectivity index is 0.000000606. The largest absolute Gasteiger partial charge is 0.375 e. The minimum atomic E-state index is 0.316. The smallest absolute Gasteiger partial charge is 0.0703 e. The summed E-state index contributed by atoms with van der Waals surface area (Å²) in [6, 6.07) is 0.316. The second-order valence-electron chi connectivity index (χ2n) is 3.73. The molecule has 1 atom stereocenters. The molecule has 84 valence electrons. The number of allylic oxidation sites excluding steroid dienone is 4.